The monoisotopic (exact) mass is 267 g/mol. The van der Waals surface area contributed by atoms with E-state index in [1.807, 2.05) is 0 Å². The Bertz CT molecular complexity index is 429. The summed E-state index contributed by atoms with van der Waals surface area (Å²) in [6.07, 6.45) is 0.00114. The van der Waals surface area contributed by atoms with Crippen molar-refractivity contribution in [1.82, 2.24) is 0 Å². The van der Waals surface area contributed by atoms with Crippen molar-refractivity contribution in [3.63, 3.8) is 0 Å². The lowest BCUT2D eigenvalue weighted by Crippen LogP contribution is -2.18. The zero-order valence-corrected chi connectivity index (χ0v) is 11.0. The molecule has 0 bridgehead atoms. The van der Waals surface area contributed by atoms with Crippen LogP contribution in [-0.2, 0) is 9.53 Å². The Hall–Kier alpha value is -2.11. The maximum Gasteiger partial charge on any atom is 0.306 e. The fraction of sp³-hybridized carbons (Fsp3) is 0.462. The van der Waals surface area contributed by atoms with Crippen LogP contribution in [0.15, 0.2) is 24.3 Å². The Labute approximate surface area is 111 Å². The SMILES string of the molecule is CCOC(=O)CC(C[N+](=O)[O-])c1ccc(OC)cc1. The molecule has 6 nitrogen and oxygen atoms in total. The van der Waals surface area contributed by atoms with E-state index >= 15 is 0 Å². The third-order valence-electron chi connectivity index (χ3n) is 2.68. The summed E-state index contributed by atoms with van der Waals surface area (Å²) in [6.45, 7) is 1.67. The van der Waals surface area contributed by atoms with Crippen LogP contribution in [0.2, 0.25) is 0 Å². The molecule has 0 spiro atoms. The van der Waals surface area contributed by atoms with Gasteiger partial charge in [-0.05, 0) is 24.6 Å². The molecule has 0 saturated heterocycles. The standard InChI is InChI=1S/C13H17NO5/c1-3-19-13(15)8-11(9-14(16)17)10-4-6-12(18-2)7-5-10/h4-7,11H,3,8-9H2,1-2H3. The summed E-state index contributed by atoms with van der Waals surface area (Å²) in [5.41, 5.74) is 0.727. The smallest absolute Gasteiger partial charge is 0.306 e. The summed E-state index contributed by atoms with van der Waals surface area (Å²) in [5.74, 6) is -0.245. The first-order valence-corrected chi connectivity index (χ1v) is 5.98. The lowest BCUT2D eigenvalue weighted by molar-refractivity contribution is -0.483. The highest BCUT2D eigenvalue weighted by molar-refractivity contribution is 5.70. The number of ether oxygens (including phenoxy) is 2. The van der Waals surface area contributed by atoms with E-state index in [9.17, 15) is 14.9 Å². The minimum absolute atomic E-state index is 0.00114. The van der Waals surface area contributed by atoms with Gasteiger partial charge in [0.2, 0.25) is 6.54 Å². The fourth-order valence-corrected chi connectivity index (χ4v) is 1.76. The molecule has 0 aliphatic rings. The van der Waals surface area contributed by atoms with E-state index in [2.05, 4.69) is 0 Å². The second kappa shape index (κ2) is 7.35. The van der Waals surface area contributed by atoms with E-state index in [1.165, 1.54) is 0 Å². The minimum Gasteiger partial charge on any atom is -0.497 e. The molecular formula is C13H17NO5. The molecule has 6 heteroatoms. The highest BCUT2D eigenvalue weighted by Gasteiger charge is 2.22. The van der Waals surface area contributed by atoms with Gasteiger partial charge in [0, 0.05) is 4.92 Å². The molecule has 1 unspecified atom stereocenters. The van der Waals surface area contributed by atoms with Crippen LogP contribution in [0.1, 0.15) is 24.8 Å². The largest absolute Gasteiger partial charge is 0.497 e. The minimum atomic E-state index is -0.486. The van der Waals surface area contributed by atoms with Crippen molar-refractivity contribution < 1.29 is 19.2 Å². The average molecular weight is 267 g/mol. The third-order valence-corrected chi connectivity index (χ3v) is 2.68. The molecule has 1 rings (SSSR count). The number of hydrogen-bond donors (Lipinski definition) is 0. The second-order valence-electron chi connectivity index (χ2n) is 3.99. The maximum atomic E-state index is 11.5. The average Bonchev–Trinajstić information content (AvgIpc) is 2.38. The molecule has 1 aromatic carbocycles. The molecule has 0 aliphatic heterocycles. The number of methoxy groups -OCH3 is 1. The van der Waals surface area contributed by atoms with Crippen molar-refractivity contribution in [2.45, 2.75) is 19.3 Å². The zero-order valence-electron chi connectivity index (χ0n) is 11.0. The normalized spacial score (nSPS) is 11.7. The third kappa shape index (κ3) is 4.95. The van der Waals surface area contributed by atoms with E-state index in [0.717, 1.165) is 5.56 Å². The first kappa shape index (κ1) is 14.9. The molecule has 104 valence electrons. The Kier molecular flexibility index (Phi) is 5.78. The van der Waals surface area contributed by atoms with Gasteiger partial charge in [-0.25, -0.2) is 0 Å². The van der Waals surface area contributed by atoms with Gasteiger partial charge in [0.1, 0.15) is 5.75 Å². The molecular weight excluding hydrogens is 250 g/mol. The van der Waals surface area contributed by atoms with Crippen molar-refractivity contribution in [1.29, 1.82) is 0 Å². The predicted octanol–water partition coefficient (Wildman–Crippen LogP) is 2.01. The summed E-state index contributed by atoms with van der Waals surface area (Å²) in [4.78, 5) is 21.7. The number of benzene rings is 1. The van der Waals surface area contributed by atoms with E-state index in [1.54, 1.807) is 38.3 Å². The van der Waals surface area contributed by atoms with Crippen LogP contribution in [0.5, 0.6) is 5.75 Å². The van der Waals surface area contributed by atoms with Crippen molar-refractivity contribution in [2.24, 2.45) is 0 Å². The van der Waals surface area contributed by atoms with Crippen LogP contribution < -0.4 is 4.74 Å². The van der Waals surface area contributed by atoms with E-state index in [4.69, 9.17) is 9.47 Å². The van der Waals surface area contributed by atoms with Gasteiger partial charge in [0.05, 0.1) is 26.1 Å². The molecule has 0 aliphatic carbocycles. The van der Waals surface area contributed by atoms with E-state index in [-0.39, 0.29) is 19.6 Å². The lowest BCUT2D eigenvalue weighted by Gasteiger charge is -2.13. The fourth-order valence-electron chi connectivity index (χ4n) is 1.76. The number of carbonyl (C=O) groups is 1. The molecule has 0 radical (unpaired) electrons. The van der Waals surface area contributed by atoms with E-state index < -0.39 is 16.8 Å². The molecule has 0 amide bonds. The number of hydrogen-bond acceptors (Lipinski definition) is 5. The van der Waals surface area contributed by atoms with E-state index in [0.29, 0.717) is 5.75 Å². The summed E-state index contributed by atoms with van der Waals surface area (Å²) in [7, 11) is 1.54. The Morgan fingerprint density at radius 1 is 1.37 bits per heavy atom. The Balaban J connectivity index is 2.82. The zero-order chi connectivity index (χ0) is 14.3. The molecule has 0 heterocycles. The van der Waals surface area contributed by atoms with Gasteiger partial charge in [-0.2, -0.15) is 0 Å². The van der Waals surface area contributed by atoms with Gasteiger partial charge in [-0.3, -0.25) is 14.9 Å². The number of esters is 1. The van der Waals surface area contributed by atoms with Crippen molar-refractivity contribution >= 4 is 5.97 Å². The predicted molar refractivity (Wildman–Crippen MR) is 68.8 cm³/mol. The van der Waals surface area contributed by atoms with Crippen LogP contribution in [0.3, 0.4) is 0 Å². The molecule has 19 heavy (non-hydrogen) atoms. The summed E-state index contributed by atoms with van der Waals surface area (Å²) >= 11 is 0. The van der Waals surface area contributed by atoms with Gasteiger partial charge in [-0.15, -0.1) is 0 Å². The van der Waals surface area contributed by atoms with Crippen LogP contribution in [0.25, 0.3) is 0 Å². The Morgan fingerprint density at radius 2 is 2.00 bits per heavy atom. The number of nitrogens with zero attached hydrogens (tertiary/aromatic N) is 1. The van der Waals surface area contributed by atoms with Gasteiger partial charge in [-0.1, -0.05) is 12.1 Å². The van der Waals surface area contributed by atoms with Crippen molar-refractivity contribution in [2.75, 3.05) is 20.3 Å². The molecule has 0 fully saturated rings. The molecule has 0 saturated carbocycles. The van der Waals surface area contributed by atoms with Crippen LogP contribution in [-0.4, -0.2) is 31.2 Å². The topological polar surface area (TPSA) is 78.7 Å². The maximum absolute atomic E-state index is 11.5. The molecule has 1 aromatic rings. The number of nitro groups is 1. The highest BCUT2D eigenvalue weighted by atomic mass is 16.6. The summed E-state index contributed by atoms with van der Waals surface area (Å²) in [5, 5.41) is 10.7. The van der Waals surface area contributed by atoms with Gasteiger partial charge in [0.25, 0.3) is 0 Å². The second-order valence-corrected chi connectivity index (χ2v) is 3.99. The molecule has 0 N–H and O–H groups in total. The molecule has 1 atom stereocenters. The Morgan fingerprint density at radius 3 is 2.47 bits per heavy atom. The van der Waals surface area contributed by atoms with Crippen LogP contribution in [0, 0.1) is 10.1 Å². The number of rotatable bonds is 7. The van der Waals surface area contributed by atoms with Crippen molar-refractivity contribution in [3.8, 4) is 5.75 Å². The lowest BCUT2D eigenvalue weighted by atomic mass is 9.96. The quantitative estimate of drug-likeness (QED) is 0.429. The van der Waals surface area contributed by atoms with Crippen LogP contribution >= 0.6 is 0 Å². The summed E-state index contributed by atoms with van der Waals surface area (Å²) in [6, 6.07) is 6.89. The highest BCUT2D eigenvalue weighted by Crippen LogP contribution is 2.23. The molecule has 0 aromatic heterocycles. The van der Waals surface area contributed by atoms with Crippen LogP contribution in [0.4, 0.5) is 0 Å². The van der Waals surface area contributed by atoms with Gasteiger partial charge in [0.15, 0.2) is 0 Å². The van der Waals surface area contributed by atoms with Gasteiger partial charge < -0.3 is 9.47 Å². The van der Waals surface area contributed by atoms with Gasteiger partial charge >= 0.3 is 5.97 Å². The number of carbonyl (C=O) groups excluding carboxylic acids is 1. The first-order chi connectivity index (χ1) is 9.06. The first-order valence-electron chi connectivity index (χ1n) is 5.98. The summed E-state index contributed by atoms with van der Waals surface area (Å²) < 4.78 is 9.86. The van der Waals surface area contributed by atoms with Crippen molar-refractivity contribution in [3.05, 3.63) is 39.9 Å².